The van der Waals surface area contributed by atoms with Gasteiger partial charge in [-0.2, -0.15) is 0 Å². The molecular formula is C25H23N5O3S. The molecule has 0 fully saturated rings. The van der Waals surface area contributed by atoms with E-state index in [-0.39, 0.29) is 11.7 Å². The van der Waals surface area contributed by atoms with Gasteiger partial charge in [0.15, 0.2) is 16.3 Å². The summed E-state index contributed by atoms with van der Waals surface area (Å²) >= 11 is 1.48. The topological polar surface area (TPSA) is 98.8 Å². The van der Waals surface area contributed by atoms with Gasteiger partial charge in [-0.3, -0.25) is 9.36 Å². The summed E-state index contributed by atoms with van der Waals surface area (Å²) in [6.07, 6.45) is 1.51. The van der Waals surface area contributed by atoms with E-state index in [1.165, 1.54) is 18.1 Å². The van der Waals surface area contributed by atoms with Crippen LogP contribution in [0.25, 0.3) is 28.3 Å². The van der Waals surface area contributed by atoms with Gasteiger partial charge in [-0.05, 0) is 57.2 Å². The molecule has 0 radical (unpaired) electrons. The van der Waals surface area contributed by atoms with Gasteiger partial charge in [0, 0.05) is 17.0 Å². The fraction of sp³-hybridized carbons (Fsp3) is 0.200. The molecule has 34 heavy (non-hydrogen) atoms. The van der Waals surface area contributed by atoms with Gasteiger partial charge in [-0.25, -0.2) is 15.0 Å². The molecule has 0 amide bonds. The molecule has 3 aromatic heterocycles. The zero-order chi connectivity index (χ0) is 23.7. The Morgan fingerprint density at radius 2 is 1.85 bits per heavy atom. The number of rotatable bonds is 7. The summed E-state index contributed by atoms with van der Waals surface area (Å²) in [5, 5.41) is 0.657. The minimum atomic E-state index is -0.272. The Bertz CT molecular complexity index is 1490. The monoisotopic (exact) mass is 473 g/mol. The highest BCUT2D eigenvalue weighted by molar-refractivity contribution is 7.98. The number of H-pyrrole nitrogens is 1. The van der Waals surface area contributed by atoms with Crippen molar-refractivity contribution in [1.82, 2.24) is 24.5 Å². The first kappa shape index (κ1) is 22.0. The fourth-order valence-electron chi connectivity index (χ4n) is 3.56. The van der Waals surface area contributed by atoms with Crippen molar-refractivity contribution in [2.75, 3.05) is 0 Å². The van der Waals surface area contributed by atoms with E-state index in [9.17, 15) is 4.79 Å². The second kappa shape index (κ2) is 9.18. The van der Waals surface area contributed by atoms with Crippen LogP contribution < -0.4 is 10.3 Å². The number of hydrogen-bond acceptors (Lipinski definition) is 7. The number of benzene rings is 2. The number of oxazole rings is 1. The van der Waals surface area contributed by atoms with Crippen LogP contribution in [0.4, 0.5) is 0 Å². The largest absolute Gasteiger partial charge is 0.491 e. The van der Waals surface area contributed by atoms with Gasteiger partial charge >= 0.3 is 0 Å². The number of nitrogens with one attached hydrogen (secondary N) is 1. The van der Waals surface area contributed by atoms with Crippen molar-refractivity contribution in [1.29, 1.82) is 0 Å². The number of ether oxygens (including phenoxy) is 1. The quantitative estimate of drug-likeness (QED) is 0.326. The highest BCUT2D eigenvalue weighted by Gasteiger charge is 2.18. The predicted molar refractivity (Wildman–Crippen MR) is 131 cm³/mol. The van der Waals surface area contributed by atoms with Gasteiger partial charge in [0.05, 0.1) is 18.1 Å². The van der Waals surface area contributed by atoms with Crippen LogP contribution in [0.3, 0.4) is 0 Å². The van der Waals surface area contributed by atoms with Crippen molar-refractivity contribution in [3.8, 4) is 22.9 Å². The molecule has 0 aliphatic carbocycles. The van der Waals surface area contributed by atoms with Gasteiger partial charge in [-0.15, -0.1) is 0 Å². The summed E-state index contributed by atoms with van der Waals surface area (Å²) in [5.74, 6) is 2.63. The number of aromatic amines is 1. The lowest BCUT2D eigenvalue weighted by Crippen LogP contribution is -2.07. The number of nitrogens with zero attached hydrogens (tertiary/aromatic N) is 4. The summed E-state index contributed by atoms with van der Waals surface area (Å²) in [6.45, 7) is 5.89. The number of hydrogen-bond donors (Lipinski definition) is 1. The van der Waals surface area contributed by atoms with Gasteiger partial charge in [0.25, 0.3) is 5.56 Å². The first-order chi connectivity index (χ1) is 16.5. The fourth-order valence-corrected chi connectivity index (χ4v) is 4.57. The number of aromatic nitrogens is 5. The lowest BCUT2D eigenvalue weighted by atomic mass is 10.2. The molecule has 172 valence electrons. The van der Waals surface area contributed by atoms with Gasteiger partial charge < -0.3 is 14.1 Å². The van der Waals surface area contributed by atoms with E-state index < -0.39 is 0 Å². The zero-order valence-electron chi connectivity index (χ0n) is 19.0. The molecule has 5 rings (SSSR count). The number of imidazole rings is 1. The third-order valence-corrected chi connectivity index (χ3v) is 6.09. The molecule has 0 saturated carbocycles. The van der Waals surface area contributed by atoms with E-state index in [0.29, 0.717) is 28.0 Å². The maximum absolute atomic E-state index is 12.3. The first-order valence-corrected chi connectivity index (χ1v) is 11.9. The summed E-state index contributed by atoms with van der Waals surface area (Å²) in [7, 11) is 0. The maximum atomic E-state index is 12.3. The van der Waals surface area contributed by atoms with Gasteiger partial charge in [0.1, 0.15) is 11.5 Å². The van der Waals surface area contributed by atoms with Crippen molar-refractivity contribution in [3.63, 3.8) is 0 Å². The second-order valence-electron chi connectivity index (χ2n) is 7.97. The molecule has 3 heterocycles. The molecule has 8 nitrogen and oxygen atoms in total. The Hall–Kier alpha value is -3.85. The van der Waals surface area contributed by atoms with E-state index in [0.717, 1.165) is 28.5 Å². The standard InChI is InChI=1S/C25H23N5O3S/c1-15(2)32-19-11-9-17(10-12-19)24-28-20(16(3)33-24)13-34-25-29-21-22(26-14-27-23(21)31)30(25)18-7-5-4-6-8-18/h4-12,14-15H,13H2,1-3H3,(H,26,27,31). The van der Waals surface area contributed by atoms with Crippen LogP contribution in [0.1, 0.15) is 25.3 Å². The molecule has 0 bridgehead atoms. The van der Waals surface area contributed by atoms with Crippen molar-refractivity contribution in [2.24, 2.45) is 0 Å². The van der Waals surface area contributed by atoms with E-state index in [2.05, 4.69) is 15.0 Å². The smallest absolute Gasteiger partial charge is 0.278 e. The number of thioether (sulfide) groups is 1. The molecule has 0 spiro atoms. The van der Waals surface area contributed by atoms with Crippen molar-refractivity contribution in [2.45, 2.75) is 37.8 Å². The van der Waals surface area contributed by atoms with Crippen LogP contribution in [-0.2, 0) is 5.75 Å². The van der Waals surface area contributed by atoms with Crippen LogP contribution >= 0.6 is 11.8 Å². The molecule has 0 atom stereocenters. The zero-order valence-corrected chi connectivity index (χ0v) is 19.8. The van der Waals surface area contributed by atoms with Crippen LogP contribution in [0, 0.1) is 6.92 Å². The maximum Gasteiger partial charge on any atom is 0.278 e. The Morgan fingerprint density at radius 1 is 1.09 bits per heavy atom. The Labute approximate surface area is 200 Å². The predicted octanol–water partition coefficient (Wildman–Crippen LogP) is 5.15. The van der Waals surface area contributed by atoms with Crippen LogP contribution in [0.2, 0.25) is 0 Å². The molecule has 0 aliphatic rings. The normalized spacial score (nSPS) is 11.4. The Balaban J connectivity index is 1.43. The molecule has 0 unspecified atom stereocenters. The van der Waals surface area contributed by atoms with Crippen LogP contribution in [0.15, 0.2) is 75.3 Å². The average Bonchev–Trinajstić information content (AvgIpc) is 3.39. The molecular weight excluding hydrogens is 450 g/mol. The van der Waals surface area contributed by atoms with E-state index in [4.69, 9.17) is 14.1 Å². The van der Waals surface area contributed by atoms with Crippen molar-refractivity contribution in [3.05, 3.63) is 82.7 Å². The molecule has 0 saturated heterocycles. The van der Waals surface area contributed by atoms with E-state index in [1.54, 1.807) is 0 Å². The number of para-hydroxylation sites is 1. The van der Waals surface area contributed by atoms with Crippen LogP contribution in [0.5, 0.6) is 5.75 Å². The third-order valence-electron chi connectivity index (χ3n) is 5.14. The molecule has 9 heteroatoms. The highest BCUT2D eigenvalue weighted by atomic mass is 32.2. The number of fused-ring (bicyclic) bond motifs is 1. The number of aryl methyl sites for hydroxylation is 1. The summed E-state index contributed by atoms with van der Waals surface area (Å²) in [6, 6.07) is 17.4. The summed E-state index contributed by atoms with van der Waals surface area (Å²) < 4.78 is 13.5. The summed E-state index contributed by atoms with van der Waals surface area (Å²) in [5.41, 5.74) is 3.12. The lowest BCUT2D eigenvalue weighted by molar-refractivity contribution is 0.242. The first-order valence-electron chi connectivity index (χ1n) is 10.9. The second-order valence-corrected chi connectivity index (χ2v) is 8.91. The summed E-state index contributed by atoms with van der Waals surface area (Å²) in [4.78, 5) is 28.6. The lowest BCUT2D eigenvalue weighted by Gasteiger charge is -2.09. The Morgan fingerprint density at radius 3 is 2.59 bits per heavy atom. The molecule has 1 N–H and O–H groups in total. The molecule has 2 aromatic carbocycles. The van der Waals surface area contributed by atoms with Gasteiger partial charge in [0.2, 0.25) is 5.89 Å². The van der Waals surface area contributed by atoms with Crippen molar-refractivity contribution >= 4 is 22.9 Å². The van der Waals surface area contributed by atoms with Gasteiger partial charge in [-0.1, -0.05) is 30.0 Å². The SMILES string of the molecule is Cc1oc(-c2ccc(OC(C)C)cc2)nc1CSc1nc2c(=O)[nH]cnc2n1-c1ccccc1. The molecule has 5 aromatic rings. The average molecular weight is 474 g/mol. The van der Waals surface area contributed by atoms with Crippen LogP contribution in [-0.4, -0.2) is 30.6 Å². The minimum absolute atomic E-state index is 0.115. The van der Waals surface area contributed by atoms with E-state index >= 15 is 0 Å². The van der Waals surface area contributed by atoms with Crippen molar-refractivity contribution < 1.29 is 9.15 Å². The third kappa shape index (κ3) is 4.34. The van der Waals surface area contributed by atoms with E-state index in [1.807, 2.05) is 79.9 Å². The molecule has 0 aliphatic heterocycles. The Kier molecular flexibility index (Phi) is 5.93. The minimum Gasteiger partial charge on any atom is -0.491 e. The highest BCUT2D eigenvalue weighted by Crippen LogP contribution is 2.31.